The van der Waals surface area contributed by atoms with Crippen molar-refractivity contribution in [3.05, 3.63) is 94.3 Å². The minimum atomic E-state index is -2.09. The molecule has 158 valence electrons. The maximum absolute atomic E-state index is 14.4. The van der Waals surface area contributed by atoms with Crippen LogP contribution in [0.4, 0.5) is 8.78 Å². The highest BCUT2D eigenvalue weighted by molar-refractivity contribution is 7.77. The maximum Gasteiger partial charge on any atom is 0.279 e. The molecule has 0 bridgehead atoms. The van der Waals surface area contributed by atoms with E-state index in [-0.39, 0.29) is 5.69 Å². The highest BCUT2D eigenvalue weighted by atomic mass is 32.2. The van der Waals surface area contributed by atoms with Gasteiger partial charge in [0.25, 0.3) is 5.56 Å². The minimum absolute atomic E-state index is 0.149. The van der Waals surface area contributed by atoms with E-state index < -0.39 is 28.5 Å². The van der Waals surface area contributed by atoms with Crippen LogP contribution in [0.3, 0.4) is 0 Å². The minimum Gasteiger partial charge on any atom is -0.294 e. The van der Waals surface area contributed by atoms with Crippen LogP contribution in [0.15, 0.2) is 71.5 Å². The molecule has 0 saturated heterocycles. The molecule has 0 aliphatic heterocycles. The second-order valence-corrected chi connectivity index (χ2v) is 7.59. The number of halogens is 2. The number of rotatable bonds is 6. The summed E-state index contributed by atoms with van der Waals surface area (Å²) in [5.74, 6) is -1.65. The lowest BCUT2D eigenvalue weighted by molar-refractivity contribution is 0.549. The summed E-state index contributed by atoms with van der Waals surface area (Å²) >= 11 is -2.09. The van der Waals surface area contributed by atoms with E-state index in [2.05, 4.69) is 9.82 Å². The normalized spacial score (nSPS) is 12.2. The van der Waals surface area contributed by atoms with Crippen LogP contribution in [0.5, 0.6) is 0 Å². The Kier molecular flexibility index (Phi) is 5.99. The zero-order valence-corrected chi connectivity index (χ0v) is 16.9. The van der Waals surface area contributed by atoms with Crippen LogP contribution in [0.25, 0.3) is 27.7 Å². The molecule has 1 aromatic heterocycles. The van der Waals surface area contributed by atoms with Gasteiger partial charge in [0, 0.05) is 23.6 Å². The topological polar surface area (TPSA) is 84.2 Å². The van der Waals surface area contributed by atoms with Crippen LogP contribution in [0.1, 0.15) is 5.56 Å². The second-order valence-electron chi connectivity index (χ2n) is 6.80. The van der Waals surface area contributed by atoms with Crippen molar-refractivity contribution in [1.82, 2.24) is 14.5 Å². The number of nitrogens with one attached hydrogen (secondary N) is 1. The first-order chi connectivity index (χ1) is 14.9. The lowest BCUT2D eigenvalue weighted by Gasteiger charge is -2.13. The molecule has 9 heteroatoms. The average molecular weight is 441 g/mol. The van der Waals surface area contributed by atoms with Gasteiger partial charge in [-0.25, -0.2) is 17.7 Å². The maximum atomic E-state index is 14.4. The molecular weight excluding hydrogens is 424 g/mol. The van der Waals surface area contributed by atoms with Crippen molar-refractivity contribution in [2.75, 3.05) is 6.54 Å². The number of hydrogen-bond donors (Lipinski definition) is 2. The van der Waals surface area contributed by atoms with Crippen molar-refractivity contribution < 1.29 is 17.5 Å². The van der Waals surface area contributed by atoms with E-state index >= 15 is 0 Å². The van der Waals surface area contributed by atoms with Crippen molar-refractivity contribution >= 4 is 22.0 Å². The summed E-state index contributed by atoms with van der Waals surface area (Å²) in [4.78, 5) is 13.0. The fourth-order valence-corrected chi connectivity index (χ4v) is 3.65. The Morgan fingerprint density at radius 2 is 1.77 bits per heavy atom. The molecule has 1 unspecified atom stereocenters. The first-order valence-electron chi connectivity index (χ1n) is 9.35. The van der Waals surface area contributed by atoms with Crippen molar-refractivity contribution in [1.29, 1.82) is 0 Å². The number of benzene rings is 3. The first kappa shape index (κ1) is 21.0. The van der Waals surface area contributed by atoms with E-state index in [1.165, 1.54) is 6.07 Å². The van der Waals surface area contributed by atoms with Crippen LogP contribution in [-0.4, -0.2) is 25.1 Å². The standard InChI is InChI=1S/C22H17F2N3O3S/c23-16-8-9-20(19(24)13-16)27-22(28)18-7-2-1-6-17(18)21(26-27)15-5-3-4-14(12-15)10-11-25-31(29)30/h1-9,12-13,25H,10-11H2,(H,29,30). The summed E-state index contributed by atoms with van der Waals surface area (Å²) in [5, 5.41) is 5.36. The Morgan fingerprint density at radius 1 is 1.00 bits per heavy atom. The predicted molar refractivity (Wildman–Crippen MR) is 115 cm³/mol. The van der Waals surface area contributed by atoms with E-state index in [0.717, 1.165) is 16.3 Å². The van der Waals surface area contributed by atoms with Crippen LogP contribution in [-0.2, 0) is 17.7 Å². The molecule has 0 radical (unpaired) electrons. The number of aromatic nitrogens is 2. The largest absolute Gasteiger partial charge is 0.294 e. The molecule has 2 N–H and O–H groups in total. The van der Waals surface area contributed by atoms with Crippen molar-refractivity contribution in [2.45, 2.75) is 6.42 Å². The van der Waals surface area contributed by atoms with E-state index in [4.69, 9.17) is 4.55 Å². The Morgan fingerprint density at radius 3 is 2.52 bits per heavy atom. The van der Waals surface area contributed by atoms with Gasteiger partial charge in [0.15, 0.2) is 5.82 Å². The van der Waals surface area contributed by atoms with E-state index in [1.54, 1.807) is 24.3 Å². The Bertz CT molecular complexity index is 1360. The third-order valence-corrected chi connectivity index (χ3v) is 5.23. The fraction of sp³-hybridized carbons (Fsp3) is 0.0909. The van der Waals surface area contributed by atoms with Gasteiger partial charge in [-0.05, 0) is 36.2 Å². The molecule has 4 rings (SSSR count). The average Bonchev–Trinajstić information content (AvgIpc) is 2.75. The third-order valence-electron chi connectivity index (χ3n) is 4.78. The molecule has 0 amide bonds. The Balaban J connectivity index is 1.88. The Labute approximate surface area is 178 Å². The van der Waals surface area contributed by atoms with E-state index in [0.29, 0.717) is 41.1 Å². The number of nitrogens with zero attached hydrogens (tertiary/aromatic N) is 2. The van der Waals surface area contributed by atoms with E-state index in [1.807, 2.05) is 24.3 Å². The zero-order chi connectivity index (χ0) is 22.0. The fourth-order valence-electron chi connectivity index (χ4n) is 3.38. The lowest BCUT2D eigenvalue weighted by atomic mass is 10.0. The third kappa shape index (κ3) is 4.43. The van der Waals surface area contributed by atoms with Crippen LogP contribution >= 0.6 is 0 Å². The lowest BCUT2D eigenvalue weighted by Crippen LogP contribution is -2.23. The molecule has 0 aliphatic rings. The Hall–Kier alpha value is -3.27. The van der Waals surface area contributed by atoms with Crippen LogP contribution in [0.2, 0.25) is 0 Å². The van der Waals surface area contributed by atoms with Gasteiger partial charge >= 0.3 is 0 Å². The van der Waals surface area contributed by atoms with Gasteiger partial charge in [-0.1, -0.05) is 36.4 Å². The summed E-state index contributed by atoms with van der Waals surface area (Å²) in [6.07, 6.45) is 0.490. The molecule has 0 saturated carbocycles. The summed E-state index contributed by atoms with van der Waals surface area (Å²) in [6.45, 7) is 0.293. The van der Waals surface area contributed by atoms with E-state index in [9.17, 15) is 17.8 Å². The molecule has 0 aliphatic carbocycles. The van der Waals surface area contributed by atoms with Crippen molar-refractivity contribution in [3.63, 3.8) is 0 Å². The predicted octanol–water partition coefficient (Wildman–Crippen LogP) is 3.60. The molecule has 0 fully saturated rings. The highest BCUT2D eigenvalue weighted by Crippen LogP contribution is 2.26. The molecule has 0 spiro atoms. The molecule has 6 nitrogen and oxygen atoms in total. The second kappa shape index (κ2) is 8.84. The van der Waals surface area contributed by atoms with Gasteiger partial charge in [0.05, 0.1) is 11.1 Å². The molecular formula is C22H17F2N3O3S. The summed E-state index contributed by atoms with van der Waals surface area (Å²) in [5.41, 5.74) is 1.36. The number of fused-ring (bicyclic) bond motifs is 1. The SMILES string of the molecule is O=c1c2ccccc2c(-c2cccc(CCNS(=O)O)c2)nn1-c1ccc(F)cc1F. The van der Waals surface area contributed by atoms with Crippen LogP contribution < -0.4 is 10.3 Å². The summed E-state index contributed by atoms with van der Waals surface area (Å²) in [7, 11) is 0. The number of hydrogen-bond acceptors (Lipinski definition) is 3. The van der Waals surface area contributed by atoms with Gasteiger partial charge < -0.3 is 0 Å². The van der Waals surface area contributed by atoms with Crippen LogP contribution in [0, 0.1) is 11.6 Å². The molecule has 1 heterocycles. The van der Waals surface area contributed by atoms with Gasteiger partial charge in [-0.2, -0.15) is 9.78 Å². The quantitative estimate of drug-likeness (QED) is 0.448. The zero-order valence-electron chi connectivity index (χ0n) is 16.1. The van der Waals surface area contributed by atoms with Gasteiger partial charge in [0.1, 0.15) is 11.5 Å². The first-order valence-corrected chi connectivity index (χ1v) is 10.5. The molecule has 31 heavy (non-hydrogen) atoms. The van der Waals surface area contributed by atoms with Gasteiger partial charge in [-0.15, -0.1) is 0 Å². The summed E-state index contributed by atoms with van der Waals surface area (Å²) < 4.78 is 50.8. The molecule has 3 aromatic carbocycles. The van der Waals surface area contributed by atoms with Gasteiger partial charge in [-0.3, -0.25) is 9.35 Å². The molecule has 1 atom stereocenters. The highest BCUT2D eigenvalue weighted by Gasteiger charge is 2.16. The molecule has 4 aromatic rings. The summed E-state index contributed by atoms with van der Waals surface area (Å²) in [6, 6.07) is 17.2. The van der Waals surface area contributed by atoms with Crippen molar-refractivity contribution in [2.24, 2.45) is 0 Å². The monoisotopic (exact) mass is 441 g/mol. The van der Waals surface area contributed by atoms with Crippen molar-refractivity contribution in [3.8, 4) is 16.9 Å². The smallest absolute Gasteiger partial charge is 0.279 e. The van der Waals surface area contributed by atoms with Gasteiger partial charge in [0.2, 0.25) is 11.3 Å².